The van der Waals surface area contributed by atoms with E-state index < -0.39 is 0 Å². The van der Waals surface area contributed by atoms with E-state index in [-0.39, 0.29) is 0 Å². The zero-order valence-electron chi connectivity index (χ0n) is 8.79. The fraction of sp³-hybridized carbons (Fsp3) is 0.556. The van der Waals surface area contributed by atoms with Gasteiger partial charge in [0.1, 0.15) is 16.7 Å². The zero-order chi connectivity index (χ0) is 10.6. The number of aromatic nitrogens is 2. The van der Waals surface area contributed by atoms with Gasteiger partial charge in [-0.2, -0.15) is 0 Å². The Morgan fingerprint density at radius 1 is 1.43 bits per heavy atom. The maximum atomic E-state index is 5.39. The molecule has 5 heteroatoms. The number of aryl methyl sites for hydroxylation is 1. The van der Waals surface area contributed by atoms with Crippen molar-refractivity contribution < 1.29 is 0 Å². The third-order valence-electron chi connectivity index (χ3n) is 1.95. The number of hydrazine groups is 1. The number of nitrogens with one attached hydrogen (secondary N) is 1. The van der Waals surface area contributed by atoms with Gasteiger partial charge in [-0.3, -0.25) is 0 Å². The van der Waals surface area contributed by atoms with Crippen LogP contribution in [0.3, 0.4) is 0 Å². The Kier molecular flexibility index (Phi) is 4.16. The number of hydrogen-bond acceptors (Lipinski definition) is 5. The molecule has 1 heterocycles. The Bertz CT molecular complexity index is 289. The Balaban J connectivity index is 3.11. The second kappa shape index (κ2) is 5.17. The van der Waals surface area contributed by atoms with E-state index in [2.05, 4.69) is 22.3 Å². The molecule has 1 rings (SSSR count). The van der Waals surface area contributed by atoms with Gasteiger partial charge >= 0.3 is 0 Å². The third-order valence-corrected chi connectivity index (χ3v) is 2.74. The number of hydrogen-bond donors (Lipinski definition) is 2. The van der Waals surface area contributed by atoms with Crippen LogP contribution in [0.2, 0.25) is 0 Å². The number of rotatable bonds is 4. The van der Waals surface area contributed by atoms with Gasteiger partial charge in [0.15, 0.2) is 0 Å². The van der Waals surface area contributed by atoms with Crippen LogP contribution in [0.15, 0.2) is 5.03 Å². The van der Waals surface area contributed by atoms with E-state index in [1.54, 1.807) is 11.8 Å². The smallest absolute Gasteiger partial charge is 0.147 e. The van der Waals surface area contributed by atoms with Crippen molar-refractivity contribution in [1.82, 2.24) is 9.97 Å². The van der Waals surface area contributed by atoms with E-state index in [0.29, 0.717) is 0 Å². The highest BCUT2D eigenvalue weighted by Crippen LogP contribution is 2.22. The first kappa shape index (κ1) is 11.3. The topological polar surface area (TPSA) is 63.8 Å². The summed E-state index contributed by atoms with van der Waals surface area (Å²) in [5, 5.41) is 0.997. The summed E-state index contributed by atoms with van der Waals surface area (Å²) >= 11 is 1.62. The van der Waals surface area contributed by atoms with Crippen molar-refractivity contribution in [3.8, 4) is 0 Å². The number of nitrogens with two attached hydrogens (primary N) is 1. The Labute approximate surface area is 88.7 Å². The summed E-state index contributed by atoms with van der Waals surface area (Å²) in [5.41, 5.74) is 3.62. The molecule has 3 N–H and O–H groups in total. The van der Waals surface area contributed by atoms with Crippen molar-refractivity contribution >= 4 is 17.6 Å². The molecule has 1 aromatic heterocycles. The summed E-state index contributed by atoms with van der Waals surface area (Å²) in [6, 6.07) is 0. The number of thioether (sulfide) groups is 1. The van der Waals surface area contributed by atoms with Crippen molar-refractivity contribution in [1.29, 1.82) is 0 Å². The quantitative estimate of drug-likeness (QED) is 0.344. The van der Waals surface area contributed by atoms with Crippen LogP contribution in [0.5, 0.6) is 0 Å². The molecule has 0 amide bonds. The minimum absolute atomic E-state index is 0.729. The van der Waals surface area contributed by atoms with Gasteiger partial charge in [0, 0.05) is 12.0 Å². The van der Waals surface area contributed by atoms with Gasteiger partial charge in [0.25, 0.3) is 0 Å². The second-order valence-electron chi connectivity index (χ2n) is 3.02. The minimum atomic E-state index is 0.729. The molecule has 0 unspecified atom stereocenters. The normalized spacial score (nSPS) is 10.3. The van der Waals surface area contributed by atoms with Crippen molar-refractivity contribution in [2.24, 2.45) is 5.84 Å². The fourth-order valence-electron chi connectivity index (χ4n) is 1.21. The van der Waals surface area contributed by atoms with Gasteiger partial charge in [0.05, 0.1) is 0 Å². The molecule has 0 aliphatic carbocycles. The lowest BCUT2D eigenvalue weighted by molar-refractivity contribution is 0.803. The summed E-state index contributed by atoms with van der Waals surface area (Å²) in [7, 11) is 0. The zero-order valence-corrected chi connectivity index (χ0v) is 9.61. The maximum absolute atomic E-state index is 5.39. The monoisotopic (exact) mass is 212 g/mol. The molecule has 0 saturated heterocycles. The van der Waals surface area contributed by atoms with E-state index in [1.165, 1.54) is 0 Å². The predicted octanol–water partition coefficient (Wildman–Crippen LogP) is 1.75. The third kappa shape index (κ3) is 2.36. The van der Waals surface area contributed by atoms with Crippen LogP contribution < -0.4 is 11.3 Å². The predicted molar refractivity (Wildman–Crippen MR) is 60.4 cm³/mol. The molecule has 0 spiro atoms. The highest BCUT2D eigenvalue weighted by molar-refractivity contribution is 7.98. The lowest BCUT2D eigenvalue weighted by Gasteiger charge is -2.09. The molecule has 0 saturated carbocycles. The number of anilines is 1. The average Bonchev–Trinajstić information content (AvgIpc) is 2.20. The summed E-state index contributed by atoms with van der Waals surface area (Å²) in [5.74, 6) is 6.98. The van der Waals surface area contributed by atoms with Crippen LogP contribution in [0, 0.1) is 6.92 Å². The standard InChI is InChI=1S/C9H16N4S/c1-4-5-7-11-8(13-10)6(2)9(12-7)14-3/h4-5,10H2,1-3H3,(H,11,12,13). The molecule has 0 aromatic carbocycles. The van der Waals surface area contributed by atoms with E-state index in [0.717, 1.165) is 35.1 Å². The van der Waals surface area contributed by atoms with Crippen LogP contribution >= 0.6 is 11.8 Å². The molecule has 14 heavy (non-hydrogen) atoms. The molecular formula is C9H16N4S. The van der Waals surface area contributed by atoms with Crippen LogP contribution in [-0.4, -0.2) is 16.2 Å². The Morgan fingerprint density at radius 2 is 2.14 bits per heavy atom. The van der Waals surface area contributed by atoms with E-state index in [9.17, 15) is 0 Å². The van der Waals surface area contributed by atoms with E-state index in [1.807, 2.05) is 13.2 Å². The van der Waals surface area contributed by atoms with Crippen molar-refractivity contribution in [3.63, 3.8) is 0 Å². The minimum Gasteiger partial charge on any atom is -0.308 e. The van der Waals surface area contributed by atoms with Crippen molar-refractivity contribution in [3.05, 3.63) is 11.4 Å². The molecule has 0 atom stereocenters. The second-order valence-corrected chi connectivity index (χ2v) is 3.81. The van der Waals surface area contributed by atoms with Gasteiger partial charge in [-0.1, -0.05) is 6.92 Å². The average molecular weight is 212 g/mol. The van der Waals surface area contributed by atoms with Crippen LogP contribution in [0.25, 0.3) is 0 Å². The van der Waals surface area contributed by atoms with Crippen molar-refractivity contribution in [2.45, 2.75) is 31.7 Å². The number of nitrogens with zero attached hydrogens (tertiary/aromatic N) is 2. The first-order valence-corrected chi connectivity index (χ1v) is 5.83. The van der Waals surface area contributed by atoms with Gasteiger partial charge in [-0.15, -0.1) is 11.8 Å². The van der Waals surface area contributed by atoms with Gasteiger partial charge < -0.3 is 5.43 Å². The summed E-state index contributed by atoms with van der Waals surface area (Å²) in [6.07, 6.45) is 3.94. The molecule has 0 radical (unpaired) electrons. The van der Waals surface area contributed by atoms with Crippen molar-refractivity contribution in [2.75, 3.05) is 11.7 Å². The summed E-state index contributed by atoms with van der Waals surface area (Å²) < 4.78 is 0. The van der Waals surface area contributed by atoms with Crippen LogP contribution in [0.1, 0.15) is 24.7 Å². The number of nitrogen functional groups attached to an aromatic ring is 1. The summed E-state index contributed by atoms with van der Waals surface area (Å²) in [6.45, 7) is 4.08. The SMILES string of the molecule is CCCc1nc(NN)c(C)c(SC)n1. The molecular weight excluding hydrogens is 196 g/mol. The molecule has 78 valence electrons. The van der Waals surface area contributed by atoms with Crippen LogP contribution in [0.4, 0.5) is 5.82 Å². The first-order valence-electron chi connectivity index (χ1n) is 4.61. The maximum Gasteiger partial charge on any atom is 0.147 e. The molecule has 0 aliphatic rings. The van der Waals surface area contributed by atoms with Gasteiger partial charge in [-0.05, 0) is 19.6 Å². The van der Waals surface area contributed by atoms with Crippen LogP contribution in [-0.2, 0) is 6.42 Å². The largest absolute Gasteiger partial charge is 0.308 e. The van der Waals surface area contributed by atoms with E-state index >= 15 is 0 Å². The lowest BCUT2D eigenvalue weighted by atomic mass is 10.3. The van der Waals surface area contributed by atoms with Gasteiger partial charge in [0.2, 0.25) is 0 Å². The molecule has 0 aliphatic heterocycles. The van der Waals surface area contributed by atoms with E-state index in [4.69, 9.17) is 5.84 Å². The lowest BCUT2D eigenvalue weighted by Crippen LogP contribution is -2.13. The first-order chi connectivity index (χ1) is 6.72. The van der Waals surface area contributed by atoms with Gasteiger partial charge in [-0.25, -0.2) is 15.8 Å². The highest BCUT2D eigenvalue weighted by Gasteiger charge is 2.08. The molecule has 0 fully saturated rings. The molecule has 0 bridgehead atoms. The molecule has 1 aromatic rings. The fourth-order valence-corrected chi connectivity index (χ4v) is 1.81. The Hall–Kier alpha value is -0.810. The Morgan fingerprint density at radius 3 is 2.64 bits per heavy atom. The summed E-state index contributed by atoms with van der Waals surface area (Å²) in [4.78, 5) is 8.77. The molecule has 4 nitrogen and oxygen atoms in total. The highest BCUT2D eigenvalue weighted by atomic mass is 32.2.